The van der Waals surface area contributed by atoms with Crippen LogP contribution < -0.4 is 10.2 Å². The number of anilines is 2. The van der Waals surface area contributed by atoms with Gasteiger partial charge in [0.05, 0.1) is 11.4 Å². The molecule has 1 aliphatic heterocycles. The molecule has 0 spiro atoms. The number of nitrogens with one attached hydrogen (secondary N) is 1. The Balaban J connectivity index is 1.71. The van der Waals surface area contributed by atoms with E-state index in [1.165, 1.54) is 30.3 Å². The second kappa shape index (κ2) is 7.03. The molecule has 2 aromatic carbocycles. The van der Waals surface area contributed by atoms with Crippen LogP contribution in [0.25, 0.3) is 0 Å². The van der Waals surface area contributed by atoms with Crippen molar-refractivity contribution in [3.05, 3.63) is 53.6 Å². The van der Waals surface area contributed by atoms with Gasteiger partial charge in [-0.3, -0.25) is 4.79 Å². The predicted octanol–water partition coefficient (Wildman–Crippen LogP) is 2.76. The summed E-state index contributed by atoms with van der Waals surface area (Å²) in [5.74, 6) is -2.15. The van der Waals surface area contributed by atoms with E-state index in [2.05, 4.69) is 5.32 Å². The van der Waals surface area contributed by atoms with E-state index < -0.39 is 21.5 Å². The number of amides is 1. The van der Waals surface area contributed by atoms with Gasteiger partial charge in [-0.05, 0) is 48.7 Å². The molecule has 1 N–H and O–H groups in total. The number of hydrogen-bond donors (Lipinski definition) is 1. The summed E-state index contributed by atoms with van der Waals surface area (Å²) in [7, 11) is -3.30. The third-order valence-corrected chi connectivity index (χ3v) is 5.37. The van der Waals surface area contributed by atoms with Crippen molar-refractivity contribution in [2.45, 2.75) is 17.7 Å². The number of sulfone groups is 1. The quantitative estimate of drug-likeness (QED) is 0.886. The van der Waals surface area contributed by atoms with E-state index in [0.29, 0.717) is 29.9 Å². The lowest BCUT2D eigenvalue weighted by molar-refractivity contribution is -0.115. The summed E-state index contributed by atoms with van der Waals surface area (Å²) in [4.78, 5) is 14.2. The van der Waals surface area contributed by atoms with Gasteiger partial charge in [0.1, 0.15) is 0 Å². The van der Waals surface area contributed by atoms with Crippen molar-refractivity contribution in [2.75, 3.05) is 29.6 Å². The van der Waals surface area contributed by atoms with Crippen LogP contribution in [0.2, 0.25) is 0 Å². The summed E-state index contributed by atoms with van der Waals surface area (Å²) < 4.78 is 49.8. The van der Waals surface area contributed by atoms with Gasteiger partial charge in [0.2, 0.25) is 5.91 Å². The lowest BCUT2D eigenvalue weighted by Crippen LogP contribution is -2.37. The Morgan fingerprint density at radius 3 is 2.46 bits per heavy atom. The first-order valence-corrected chi connectivity index (χ1v) is 9.96. The van der Waals surface area contributed by atoms with Gasteiger partial charge in [0, 0.05) is 30.2 Å². The molecule has 138 valence electrons. The van der Waals surface area contributed by atoms with Crippen LogP contribution in [-0.2, 0) is 21.1 Å². The molecule has 3 rings (SSSR count). The second-order valence-corrected chi connectivity index (χ2v) is 8.28. The zero-order chi connectivity index (χ0) is 18.9. The van der Waals surface area contributed by atoms with Crippen LogP contribution in [0.15, 0.2) is 41.3 Å². The summed E-state index contributed by atoms with van der Waals surface area (Å²) in [6.45, 7) is 0.560. The van der Waals surface area contributed by atoms with Gasteiger partial charge < -0.3 is 10.2 Å². The summed E-state index contributed by atoms with van der Waals surface area (Å²) in [6.07, 6.45) is 2.49. The molecule has 0 saturated heterocycles. The number of halogens is 2. The molecular formula is C18H18F2N2O3S. The van der Waals surface area contributed by atoms with Crippen LogP contribution in [0.4, 0.5) is 20.2 Å². The molecule has 0 unspecified atom stereocenters. The van der Waals surface area contributed by atoms with Crippen molar-refractivity contribution >= 4 is 27.1 Å². The highest BCUT2D eigenvalue weighted by atomic mass is 32.2. The fourth-order valence-electron chi connectivity index (χ4n) is 2.98. The van der Waals surface area contributed by atoms with E-state index >= 15 is 0 Å². The molecule has 1 amide bonds. The van der Waals surface area contributed by atoms with Crippen molar-refractivity contribution in [3.8, 4) is 0 Å². The molecule has 26 heavy (non-hydrogen) atoms. The van der Waals surface area contributed by atoms with Gasteiger partial charge in [0.15, 0.2) is 21.5 Å². The molecule has 1 heterocycles. The highest BCUT2D eigenvalue weighted by molar-refractivity contribution is 7.90. The van der Waals surface area contributed by atoms with Crippen LogP contribution in [0, 0.1) is 11.6 Å². The normalized spacial score (nSPS) is 14.0. The Hall–Kier alpha value is -2.48. The maximum atomic E-state index is 13.5. The van der Waals surface area contributed by atoms with Crippen molar-refractivity contribution < 1.29 is 22.0 Å². The molecule has 5 nitrogen and oxygen atoms in total. The Morgan fingerprint density at radius 2 is 1.81 bits per heavy atom. The van der Waals surface area contributed by atoms with Crippen LogP contribution in [-0.4, -0.2) is 33.7 Å². The molecule has 0 bridgehead atoms. The molecule has 1 aliphatic rings. The van der Waals surface area contributed by atoms with Gasteiger partial charge in [-0.2, -0.15) is 0 Å². The van der Waals surface area contributed by atoms with Crippen LogP contribution >= 0.6 is 0 Å². The third-order valence-electron chi connectivity index (χ3n) is 4.24. The van der Waals surface area contributed by atoms with E-state index in [1.54, 1.807) is 4.90 Å². The predicted molar refractivity (Wildman–Crippen MR) is 95.1 cm³/mol. The maximum Gasteiger partial charge on any atom is 0.243 e. The number of rotatable bonds is 4. The molecule has 0 fully saturated rings. The van der Waals surface area contributed by atoms with Crippen molar-refractivity contribution in [3.63, 3.8) is 0 Å². The van der Waals surface area contributed by atoms with Gasteiger partial charge in [0.25, 0.3) is 0 Å². The lowest BCUT2D eigenvalue weighted by Gasteiger charge is -2.30. The standard InChI is InChI=1S/C18H18F2N2O3S/c1-26(24,25)14-6-4-13(5-7-14)21-18(23)11-22-8-2-3-12-9-15(19)16(20)10-17(12)22/h4-7,9-10H,2-3,8,11H2,1H3,(H,21,23). The molecule has 8 heteroatoms. The number of benzene rings is 2. The van der Waals surface area contributed by atoms with E-state index in [1.807, 2.05) is 0 Å². The van der Waals surface area contributed by atoms with Crippen molar-refractivity contribution in [1.82, 2.24) is 0 Å². The minimum atomic E-state index is -3.30. The summed E-state index contributed by atoms with van der Waals surface area (Å²) in [5.41, 5.74) is 1.67. The molecule has 0 aliphatic carbocycles. The molecule has 0 atom stereocenters. The van der Waals surface area contributed by atoms with Crippen LogP contribution in [0.3, 0.4) is 0 Å². The van der Waals surface area contributed by atoms with E-state index in [4.69, 9.17) is 0 Å². The molecular weight excluding hydrogens is 362 g/mol. The fourth-order valence-corrected chi connectivity index (χ4v) is 3.61. The Bertz CT molecular complexity index is 944. The number of aryl methyl sites for hydroxylation is 1. The highest BCUT2D eigenvalue weighted by Crippen LogP contribution is 2.29. The first-order chi connectivity index (χ1) is 12.2. The van der Waals surface area contributed by atoms with E-state index in [0.717, 1.165) is 18.7 Å². The van der Waals surface area contributed by atoms with Gasteiger partial charge >= 0.3 is 0 Å². The number of nitrogens with zero attached hydrogens (tertiary/aromatic N) is 1. The second-order valence-electron chi connectivity index (χ2n) is 6.26. The Labute approximate surface area is 150 Å². The number of carbonyl (C=O) groups is 1. The minimum absolute atomic E-state index is 0.00804. The molecule has 0 saturated carbocycles. The average molecular weight is 380 g/mol. The lowest BCUT2D eigenvalue weighted by atomic mass is 10.0. The van der Waals surface area contributed by atoms with Gasteiger partial charge in [-0.25, -0.2) is 17.2 Å². The van der Waals surface area contributed by atoms with Crippen LogP contribution in [0.5, 0.6) is 0 Å². The zero-order valence-electron chi connectivity index (χ0n) is 14.1. The summed E-state index contributed by atoms with van der Waals surface area (Å²) in [5, 5.41) is 2.68. The topological polar surface area (TPSA) is 66.5 Å². The fraction of sp³-hybridized carbons (Fsp3) is 0.278. The SMILES string of the molecule is CS(=O)(=O)c1ccc(NC(=O)CN2CCCc3cc(F)c(F)cc32)cc1. The number of fused-ring (bicyclic) bond motifs is 1. The van der Waals surface area contributed by atoms with Gasteiger partial charge in [-0.15, -0.1) is 0 Å². The minimum Gasteiger partial charge on any atom is -0.362 e. The molecule has 2 aromatic rings. The number of hydrogen-bond acceptors (Lipinski definition) is 4. The zero-order valence-corrected chi connectivity index (χ0v) is 14.9. The summed E-state index contributed by atoms with van der Waals surface area (Å²) in [6, 6.07) is 8.15. The number of carbonyl (C=O) groups excluding carboxylic acids is 1. The van der Waals surface area contributed by atoms with Crippen molar-refractivity contribution in [2.24, 2.45) is 0 Å². The first kappa shape index (κ1) is 18.3. The van der Waals surface area contributed by atoms with E-state index in [9.17, 15) is 22.0 Å². The highest BCUT2D eigenvalue weighted by Gasteiger charge is 2.21. The maximum absolute atomic E-state index is 13.5. The van der Waals surface area contributed by atoms with Gasteiger partial charge in [-0.1, -0.05) is 0 Å². The van der Waals surface area contributed by atoms with E-state index in [-0.39, 0.29) is 17.3 Å². The third kappa shape index (κ3) is 4.01. The Morgan fingerprint density at radius 1 is 1.15 bits per heavy atom. The molecule has 0 radical (unpaired) electrons. The van der Waals surface area contributed by atoms with Crippen LogP contribution in [0.1, 0.15) is 12.0 Å². The monoisotopic (exact) mass is 380 g/mol. The Kier molecular flexibility index (Phi) is 4.95. The smallest absolute Gasteiger partial charge is 0.243 e. The average Bonchev–Trinajstić information content (AvgIpc) is 2.56. The molecule has 0 aromatic heterocycles. The summed E-state index contributed by atoms with van der Waals surface area (Å²) >= 11 is 0. The first-order valence-electron chi connectivity index (χ1n) is 8.07. The largest absolute Gasteiger partial charge is 0.362 e. The van der Waals surface area contributed by atoms with Crippen molar-refractivity contribution in [1.29, 1.82) is 0 Å².